The Kier molecular flexibility index (Phi) is 5.58. The first-order chi connectivity index (χ1) is 7.99. The van der Waals surface area contributed by atoms with Gasteiger partial charge in [-0.1, -0.05) is 35.0 Å². The third kappa shape index (κ3) is 4.39. The van der Waals surface area contributed by atoms with Gasteiger partial charge in [-0.2, -0.15) is 0 Å². The van der Waals surface area contributed by atoms with Crippen LogP contribution in [0.2, 0.25) is 0 Å². The highest BCUT2D eigenvalue weighted by molar-refractivity contribution is 9.08. The summed E-state index contributed by atoms with van der Waals surface area (Å²) in [6.07, 6.45) is -0.128. The highest BCUT2D eigenvalue weighted by atomic mass is 79.9. The van der Waals surface area contributed by atoms with Gasteiger partial charge < -0.3 is 5.11 Å². The van der Waals surface area contributed by atoms with Crippen molar-refractivity contribution in [2.45, 2.75) is 29.7 Å². The minimum Gasteiger partial charge on any atom is -0.392 e. The number of benzene rings is 1. The number of alkyl halides is 1. The van der Waals surface area contributed by atoms with Gasteiger partial charge in [0, 0.05) is 11.9 Å². The lowest BCUT2D eigenvalue weighted by atomic mass is 10.2. The summed E-state index contributed by atoms with van der Waals surface area (Å²) < 4.78 is 26.0. The molecule has 1 atom stereocenters. The molecule has 1 unspecified atom stereocenters. The number of aliphatic hydroxyl groups is 1. The number of halogens is 1. The van der Waals surface area contributed by atoms with Crippen molar-refractivity contribution in [3.63, 3.8) is 0 Å². The Hall–Kier alpha value is -0.430. The van der Waals surface area contributed by atoms with Gasteiger partial charge in [-0.15, -0.1) is 0 Å². The molecule has 1 aromatic rings. The van der Waals surface area contributed by atoms with Gasteiger partial charge >= 0.3 is 0 Å². The molecule has 1 aromatic carbocycles. The van der Waals surface area contributed by atoms with Crippen LogP contribution in [-0.2, 0) is 15.4 Å². The largest absolute Gasteiger partial charge is 0.392 e. The van der Waals surface area contributed by atoms with Crippen molar-refractivity contribution in [3.05, 3.63) is 29.8 Å². The topological polar surface area (TPSA) is 66.4 Å². The Morgan fingerprint density at radius 1 is 1.35 bits per heavy atom. The molecule has 0 radical (unpaired) electrons. The summed E-state index contributed by atoms with van der Waals surface area (Å²) in [7, 11) is -3.52. The van der Waals surface area contributed by atoms with E-state index in [0.717, 1.165) is 5.56 Å². The van der Waals surface area contributed by atoms with Crippen molar-refractivity contribution >= 4 is 26.0 Å². The van der Waals surface area contributed by atoms with Crippen LogP contribution in [0.15, 0.2) is 29.2 Å². The number of hydrogen-bond donors (Lipinski definition) is 2. The number of nitrogens with one attached hydrogen (secondary N) is 1. The van der Waals surface area contributed by atoms with Crippen molar-refractivity contribution in [2.75, 3.05) is 6.54 Å². The third-order valence-corrected chi connectivity index (χ3v) is 4.46. The van der Waals surface area contributed by atoms with Crippen LogP contribution < -0.4 is 4.72 Å². The van der Waals surface area contributed by atoms with Gasteiger partial charge in [0.1, 0.15) is 0 Å². The van der Waals surface area contributed by atoms with Crippen LogP contribution in [-0.4, -0.2) is 26.2 Å². The second-order valence-corrected chi connectivity index (χ2v) is 6.02. The SMILES string of the molecule is CCC(O)CNS(=O)(=O)c1ccc(CBr)cc1. The highest BCUT2D eigenvalue weighted by Crippen LogP contribution is 2.12. The average molecular weight is 322 g/mol. The standard InChI is InChI=1S/C11H16BrNO3S/c1-2-10(14)8-13-17(15,16)11-5-3-9(7-12)4-6-11/h3-6,10,13-14H,2,7-8H2,1H3. The third-order valence-electron chi connectivity index (χ3n) is 2.37. The van der Waals surface area contributed by atoms with E-state index in [9.17, 15) is 13.5 Å². The Labute approximate surface area is 110 Å². The summed E-state index contributed by atoms with van der Waals surface area (Å²) in [5, 5.41) is 10.0. The predicted octanol–water partition coefficient (Wildman–Crippen LogP) is 1.63. The summed E-state index contributed by atoms with van der Waals surface area (Å²) in [5.41, 5.74) is 1.01. The minimum atomic E-state index is -3.52. The first-order valence-electron chi connectivity index (χ1n) is 5.32. The van der Waals surface area contributed by atoms with Gasteiger partial charge in [-0.3, -0.25) is 0 Å². The molecule has 6 heteroatoms. The summed E-state index contributed by atoms with van der Waals surface area (Å²) in [6, 6.07) is 6.60. The van der Waals surface area contributed by atoms with Crippen molar-refractivity contribution in [2.24, 2.45) is 0 Å². The molecular formula is C11H16BrNO3S. The van der Waals surface area contributed by atoms with Gasteiger partial charge in [0.15, 0.2) is 0 Å². The lowest BCUT2D eigenvalue weighted by Gasteiger charge is -2.10. The zero-order chi connectivity index (χ0) is 12.9. The quantitative estimate of drug-likeness (QED) is 0.783. The van der Waals surface area contributed by atoms with Crippen molar-refractivity contribution in [3.8, 4) is 0 Å². The van der Waals surface area contributed by atoms with Crippen molar-refractivity contribution < 1.29 is 13.5 Å². The number of rotatable bonds is 6. The van der Waals surface area contributed by atoms with Crippen LogP contribution in [0.25, 0.3) is 0 Å². The molecule has 4 nitrogen and oxygen atoms in total. The van der Waals surface area contributed by atoms with Crippen LogP contribution in [0.4, 0.5) is 0 Å². The Morgan fingerprint density at radius 3 is 2.41 bits per heavy atom. The van der Waals surface area contributed by atoms with Crippen molar-refractivity contribution in [1.29, 1.82) is 0 Å². The highest BCUT2D eigenvalue weighted by Gasteiger charge is 2.14. The van der Waals surface area contributed by atoms with E-state index in [2.05, 4.69) is 20.7 Å². The van der Waals surface area contributed by atoms with E-state index in [1.807, 2.05) is 0 Å². The fourth-order valence-electron chi connectivity index (χ4n) is 1.19. The maximum absolute atomic E-state index is 11.8. The summed E-state index contributed by atoms with van der Waals surface area (Å²) in [5.74, 6) is 0. The predicted molar refractivity (Wildman–Crippen MR) is 70.6 cm³/mol. The van der Waals surface area contributed by atoms with E-state index >= 15 is 0 Å². The first kappa shape index (κ1) is 14.6. The maximum atomic E-state index is 11.8. The Balaban J connectivity index is 2.75. The smallest absolute Gasteiger partial charge is 0.240 e. The van der Waals surface area contributed by atoms with Crippen LogP contribution in [0, 0.1) is 0 Å². The van der Waals surface area contributed by atoms with E-state index in [4.69, 9.17) is 0 Å². The van der Waals surface area contributed by atoms with Gasteiger partial charge in [0.05, 0.1) is 11.0 Å². The molecule has 0 heterocycles. The van der Waals surface area contributed by atoms with Gasteiger partial charge in [-0.25, -0.2) is 13.1 Å². The number of hydrogen-bond acceptors (Lipinski definition) is 3. The normalized spacial score (nSPS) is 13.6. The molecular weight excluding hydrogens is 306 g/mol. The average Bonchev–Trinajstić information content (AvgIpc) is 2.36. The van der Waals surface area contributed by atoms with E-state index < -0.39 is 16.1 Å². The molecule has 0 fully saturated rings. The summed E-state index contributed by atoms with van der Waals surface area (Å²) in [6.45, 7) is 1.84. The molecule has 1 rings (SSSR count). The number of aliphatic hydroxyl groups excluding tert-OH is 1. The lowest BCUT2D eigenvalue weighted by molar-refractivity contribution is 0.174. The second-order valence-electron chi connectivity index (χ2n) is 3.69. The molecule has 0 saturated carbocycles. The summed E-state index contributed by atoms with van der Waals surface area (Å²) >= 11 is 3.29. The molecule has 0 aliphatic carbocycles. The van der Waals surface area contributed by atoms with E-state index in [1.54, 1.807) is 31.2 Å². The van der Waals surface area contributed by atoms with E-state index in [-0.39, 0.29) is 11.4 Å². The summed E-state index contributed by atoms with van der Waals surface area (Å²) in [4.78, 5) is 0.213. The molecule has 0 amide bonds. The van der Waals surface area contributed by atoms with E-state index in [0.29, 0.717) is 11.8 Å². The van der Waals surface area contributed by atoms with Crippen LogP contribution in [0.5, 0.6) is 0 Å². The van der Waals surface area contributed by atoms with Gasteiger partial charge in [0.25, 0.3) is 0 Å². The molecule has 2 N–H and O–H groups in total. The van der Waals surface area contributed by atoms with Crippen molar-refractivity contribution in [1.82, 2.24) is 4.72 Å². The number of sulfonamides is 1. The zero-order valence-corrected chi connectivity index (χ0v) is 12.0. The molecule has 0 aromatic heterocycles. The van der Waals surface area contributed by atoms with Gasteiger partial charge in [0.2, 0.25) is 10.0 Å². The molecule has 0 spiro atoms. The maximum Gasteiger partial charge on any atom is 0.240 e. The fourth-order valence-corrected chi connectivity index (χ4v) is 2.64. The Bertz CT molecular complexity index is 444. The minimum absolute atomic E-state index is 0.0407. The monoisotopic (exact) mass is 321 g/mol. The second kappa shape index (κ2) is 6.49. The Morgan fingerprint density at radius 2 is 1.94 bits per heavy atom. The van der Waals surface area contributed by atoms with Crippen LogP contribution in [0.3, 0.4) is 0 Å². The molecule has 0 aliphatic rings. The molecule has 96 valence electrons. The van der Waals surface area contributed by atoms with Crippen LogP contribution >= 0.6 is 15.9 Å². The molecule has 0 bridgehead atoms. The molecule has 17 heavy (non-hydrogen) atoms. The lowest BCUT2D eigenvalue weighted by Crippen LogP contribution is -2.31. The van der Waals surface area contributed by atoms with E-state index in [1.165, 1.54) is 0 Å². The fraction of sp³-hybridized carbons (Fsp3) is 0.455. The first-order valence-corrected chi connectivity index (χ1v) is 7.92. The molecule has 0 saturated heterocycles. The molecule has 0 aliphatic heterocycles. The zero-order valence-electron chi connectivity index (χ0n) is 9.56. The van der Waals surface area contributed by atoms with Crippen LogP contribution in [0.1, 0.15) is 18.9 Å². The van der Waals surface area contributed by atoms with Gasteiger partial charge in [-0.05, 0) is 24.1 Å².